The second-order valence-corrected chi connectivity index (χ2v) is 5.12. The summed E-state index contributed by atoms with van der Waals surface area (Å²) in [7, 11) is 1.57. The van der Waals surface area contributed by atoms with Gasteiger partial charge in [-0.25, -0.2) is 4.79 Å². The number of amides is 2. The number of rotatable bonds is 6. The molecule has 8 heteroatoms. The van der Waals surface area contributed by atoms with Crippen LogP contribution >= 0.6 is 0 Å². The van der Waals surface area contributed by atoms with Crippen molar-refractivity contribution in [2.75, 3.05) is 7.11 Å². The van der Waals surface area contributed by atoms with E-state index in [4.69, 9.17) is 9.26 Å². The van der Waals surface area contributed by atoms with E-state index in [1.54, 1.807) is 37.7 Å². The molecule has 0 radical (unpaired) electrons. The summed E-state index contributed by atoms with van der Waals surface area (Å²) in [6.07, 6.45) is 3.28. The van der Waals surface area contributed by atoms with E-state index in [-0.39, 0.29) is 12.6 Å². The molecule has 0 unspecified atom stereocenters. The third kappa shape index (κ3) is 4.54. The van der Waals surface area contributed by atoms with Crippen LogP contribution in [0, 0.1) is 0 Å². The lowest BCUT2D eigenvalue weighted by Gasteiger charge is -2.06. The maximum Gasteiger partial charge on any atom is 0.315 e. The highest BCUT2D eigenvalue weighted by molar-refractivity contribution is 5.73. The number of carbonyl (C=O) groups excluding carboxylic acids is 1. The third-order valence-corrected chi connectivity index (χ3v) is 3.37. The van der Waals surface area contributed by atoms with Crippen molar-refractivity contribution in [1.82, 2.24) is 25.8 Å². The molecule has 8 nitrogen and oxygen atoms in total. The van der Waals surface area contributed by atoms with E-state index >= 15 is 0 Å². The van der Waals surface area contributed by atoms with E-state index in [1.165, 1.54) is 0 Å². The molecule has 0 saturated heterocycles. The van der Waals surface area contributed by atoms with Crippen LogP contribution in [0.4, 0.5) is 4.79 Å². The van der Waals surface area contributed by atoms with Crippen LogP contribution in [0.3, 0.4) is 0 Å². The molecule has 0 atom stereocenters. The van der Waals surface area contributed by atoms with Crippen LogP contribution in [0.5, 0.6) is 5.75 Å². The van der Waals surface area contributed by atoms with Crippen LogP contribution in [0.1, 0.15) is 11.4 Å². The highest BCUT2D eigenvalue weighted by Gasteiger charge is 2.09. The molecular weight excluding hydrogens is 322 g/mol. The normalized spacial score (nSPS) is 10.3. The molecule has 128 valence electrons. The van der Waals surface area contributed by atoms with Gasteiger partial charge in [0, 0.05) is 12.3 Å². The van der Waals surface area contributed by atoms with Gasteiger partial charge in [-0.05, 0) is 24.3 Å². The van der Waals surface area contributed by atoms with E-state index in [9.17, 15) is 4.79 Å². The SMILES string of the molecule is COc1ccc(CNC(=O)NCc2cc(-c3ccccn3)on2)nc1. The van der Waals surface area contributed by atoms with Crippen LogP contribution in [-0.2, 0) is 13.1 Å². The number of nitrogens with one attached hydrogen (secondary N) is 2. The minimum absolute atomic E-state index is 0.248. The number of nitrogens with zero attached hydrogens (tertiary/aromatic N) is 3. The van der Waals surface area contributed by atoms with Crippen molar-refractivity contribution in [2.24, 2.45) is 0 Å². The lowest BCUT2D eigenvalue weighted by atomic mass is 10.2. The summed E-state index contributed by atoms with van der Waals surface area (Å²) in [6, 6.07) is 10.5. The van der Waals surface area contributed by atoms with Crippen LogP contribution in [0.2, 0.25) is 0 Å². The number of pyridine rings is 2. The highest BCUT2D eigenvalue weighted by Crippen LogP contribution is 2.17. The average Bonchev–Trinajstić information content (AvgIpc) is 3.15. The minimum atomic E-state index is -0.319. The van der Waals surface area contributed by atoms with E-state index in [1.807, 2.05) is 18.2 Å². The maximum atomic E-state index is 11.8. The molecule has 0 aliphatic heterocycles. The first kappa shape index (κ1) is 16.4. The van der Waals surface area contributed by atoms with Gasteiger partial charge in [0.05, 0.1) is 32.1 Å². The van der Waals surface area contributed by atoms with Crippen LogP contribution in [-0.4, -0.2) is 28.3 Å². The first-order chi connectivity index (χ1) is 12.2. The van der Waals surface area contributed by atoms with Crippen molar-refractivity contribution < 1.29 is 14.1 Å². The molecule has 0 spiro atoms. The summed E-state index contributed by atoms with van der Waals surface area (Å²) in [5, 5.41) is 9.35. The topological polar surface area (TPSA) is 102 Å². The van der Waals surface area contributed by atoms with Gasteiger partial charge in [-0.2, -0.15) is 0 Å². The molecule has 3 aromatic heterocycles. The van der Waals surface area contributed by atoms with Gasteiger partial charge in [0.15, 0.2) is 5.76 Å². The Bertz CT molecular complexity index is 818. The fourth-order valence-electron chi connectivity index (χ4n) is 2.06. The monoisotopic (exact) mass is 339 g/mol. The summed E-state index contributed by atoms with van der Waals surface area (Å²) in [5.41, 5.74) is 2.03. The number of urea groups is 1. The summed E-state index contributed by atoms with van der Waals surface area (Å²) in [6.45, 7) is 0.562. The van der Waals surface area contributed by atoms with E-state index in [2.05, 4.69) is 25.8 Å². The average molecular weight is 339 g/mol. The number of methoxy groups -OCH3 is 1. The summed E-state index contributed by atoms with van der Waals surface area (Å²) < 4.78 is 10.3. The molecule has 0 aliphatic carbocycles. The van der Waals surface area contributed by atoms with Crippen molar-refractivity contribution in [3.63, 3.8) is 0 Å². The van der Waals surface area contributed by atoms with Gasteiger partial charge in [0.1, 0.15) is 17.1 Å². The zero-order valence-corrected chi connectivity index (χ0v) is 13.6. The Labute approximate surface area is 144 Å². The van der Waals surface area contributed by atoms with Gasteiger partial charge < -0.3 is 19.9 Å². The number of ether oxygens (including phenoxy) is 1. The molecule has 2 amide bonds. The second kappa shape index (κ2) is 7.91. The van der Waals surface area contributed by atoms with Gasteiger partial charge in [-0.3, -0.25) is 9.97 Å². The first-order valence-electron chi connectivity index (χ1n) is 7.62. The molecule has 0 bridgehead atoms. The van der Waals surface area contributed by atoms with E-state index in [0.29, 0.717) is 29.4 Å². The van der Waals surface area contributed by atoms with Crippen molar-refractivity contribution >= 4 is 6.03 Å². The summed E-state index contributed by atoms with van der Waals surface area (Å²) in [5.74, 6) is 1.23. The molecule has 3 heterocycles. The molecule has 2 N–H and O–H groups in total. The molecule has 0 aliphatic rings. The van der Waals surface area contributed by atoms with Gasteiger partial charge in [0.2, 0.25) is 0 Å². The Balaban J connectivity index is 1.46. The predicted molar refractivity (Wildman–Crippen MR) is 89.6 cm³/mol. The van der Waals surface area contributed by atoms with E-state index < -0.39 is 0 Å². The summed E-state index contributed by atoms with van der Waals surface area (Å²) in [4.78, 5) is 20.2. The number of aromatic nitrogens is 3. The molecule has 25 heavy (non-hydrogen) atoms. The van der Waals surface area contributed by atoms with Gasteiger partial charge in [0.25, 0.3) is 0 Å². The van der Waals surface area contributed by atoms with Crippen molar-refractivity contribution in [1.29, 1.82) is 0 Å². The quantitative estimate of drug-likeness (QED) is 0.713. The van der Waals surface area contributed by atoms with Crippen molar-refractivity contribution in [3.8, 4) is 17.2 Å². The molecule has 0 saturated carbocycles. The van der Waals surface area contributed by atoms with E-state index in [0.717, 1.165) is 5.69 Å². The molecule has 3 rings (SSSR count). The van der Waals surface area contributed by atoms with Crippen molar-refractivity contribution in [2.45, 2.75) is 13.1 Å². The molecular formula is C17H17N5O3. The fraction of sp³-hybridized carbons (Fsp3) is 0.176. The molecule has 0 fully saturated rings. The largest absolute Gasteiger partial charge is 0.495 e. The fourth-order valence-corrected chi connectivity index (χ4v) is 2.06. The molecule has 0 aromatic carbocycles. The zero-order chi connectivity index (χ0) is 17.5. The number of carbonyl (C=O) groups is 1. The Morgan fingerprint density at radius 2 is 1.96 bits per heavy atom. The first-order valence-corrected chi connectivity index (χ1v) is 7.62. The minimum Gasteiger partial charge on any atom is -0.495 e. The lowest BCUT2D eigenvalue weighted by Crippen LogP contribution is -2.34. The van der Waals surface area contributed by atoms with Crippen molar-refractivity contribution in [3.05, 3.63) is 60.2 Å². The second-order valence-electron chi connectivity index (χ2n) is 5.12. The standard InChI is InChI=1S/C17H17N5O3/c1-24-14-6-5-12(19-11-14)9-20-17(23)21-10-13-8-16(25-22-13)15-4-2-3-7-18-15/h2-8,11H,9-10H2,1H3,(H2,20,21,23). The number of hydrogen-bond acceptors (Lipinski definition) is 6. The van der Waals surface area contributed by atoms with Gasteiger partial charge >= 0.3 is 6.03 Å². The van der Waals surface area contributed by atoms with Crippen LogP contribution < -0.4 is 15.4 Å². The Morgan fingerprint density at radius 1 is 1.12 bits per heavy atom. The maximum absolute atomic E-state index is 11.8. The van der Waals surface area contributed by atoms with Gasteiger partial charge in [-0.15, -0.1) is 0 Å². The Kier molecular flexibility index (Phi) is 5.20. The smallest absolute Gasteiger partial charge is 0.315 e. The lowest BCUT2D eigenvalue weighted by molar-refractivity contribution is 0.239. The zero-order valence-electron chi connectivity index (χ0n) is 13.6. The van der Waals surface area contributed by atoms with Crippen LogP contribution in [0.25, 0.3) is 11.5 Å². The molecule has 3 aromatic rings. The Morgan fingerprint density at radius 3 is 2.64 bits per heavy atom. The van der Waals surface area contributed by atoms with Gasteiger partial charge in [-0.1, -0.05) is 11.2 Å². The summed E-state index contributed by atoms with van der Waals surface area (Å²) >= 11 is 0. The highest BCUT2D eigenvalue weighted by atomic mass is 16.5. The third-order valence-electron chi connectivity index (χ3n) is 3.37. The number of hydrogen-bond donors (Lipinski definition) is 2. The van der Waals surface area contributed by atoms with Crippen LogP contribution in [0.15, 0.2) is 53.3 Å². The predicted octanol–water partition coefficient (Wildman–Crippen LogP) is 2.14. The Hall–Kier alpha value is -3.42.